The third-order valence-electron chi connectivity index (χ3n) is 3.50. The molecule has 0 radical (unpaired) electrons. The van der Waals surface area contributed by atoms with Gasteiger partial charge in [0.15, 0.2) is 0 Å². The molecule has 0 heterocycles. The first kappa shape index (κ1) is 15.5. The van der Waals surface area contributed by atoms with Crippen molar-refractivity contribution in [2.75, 3.05) is 19.4 Å². The monoisotopic (exact) mass is 305 g/mol. The minimum atomic E-state index is -4.12. The van der Waals surface area contributed by atoms with Crippen LogP contribution in [0.4, 0.5) is 13.2 Å². The molecule has 1 aliphatic rings. The predicted octanol–water partition coefficient (Wildman–Crippen LogP) is 3.78. The van der Waals surface area contributed by atoms with Crippen LogP contribution in [0.25, 0.3) is 0 Å². The Bertz CT molecular complexity index is 433. The van der Waals surface area contributed by atoms with Crippen LogP contribution in [0.3, 0.4) is 0 Å². The SMILES string of the molecule is COc1cccc(C2CC(NCCSC(F)(F)F)C2)c1. The number of nitrogens with one attached hydrogen (secondary N) is 1. The molecule has 2 nitrogen and oxygen atoms in total. The molecule has 6 heteroatoms. The summed E-state index contributed by atoms with van der Waals surface area (Å²) in [4.78, 5) is 0. The molecule has 0 bridgehead atoms. The van der Waals surface area contributed by atoms with Gasteiger partial charge in [0.05, 0.1) is 7.11 Å². The maximum absolute atomic E-state index is 12.0. The average molecular weight is 305 g/mol. The third-order valence-corrected chi connectivity index (χ3v) is 4.24. The highest BCUT2D eigenvalue weighted by molar-refractivity contribution is 8.00. The number of benzene rings is 1. The van der Waals surface area contributed by atoms with Crippen molar-refractivity contribution in [3.63, 3.8) is 0 Å². The Balaban J connectivity index is 1.67. The summed E-state index contributed by atoms with van der Waals surface area (Å²) in [6.07, 6.45) is 1.95. The summed E-state index contributed by atoms with van der Waals surface area (Å²) in [5.74, 6) is 1.41. The Morgan fingerprint density at radius 3 is 2.75 bits per heavy atom. The summed E-state index contributed by atoms with van der Waals surface area (Å²) in [6.45, 7) is 0.402. The highest BCUT2D eigenvalue weighted by atomic mass is 32.2. The Hall–Kier alpha value is -0.880. The maximum Gasteiger partial charge on any atom is 0.441 e. The number of ether oxygens (including phenoxy) is 1. The van der Waals surface area contributed by atoms with Gasteiger partial charge < -0.3 is 10.1 Å². The lowest BCUT2D eigenvalue weighted by molar-refractivity contribution is -0.0327. The van der Waals surface area contributed by atoms with E-state index in [4.69, 9.17) is 4.74 Å². The van der Waals surface area contributed by atoms with Crippen molar-refractivity contribution >= 4 is 11.8 Å². The molecule has 0 amide bonds. The lowest BCUT2D eigenvalue weighted by Gasteiger charge is -2.36. The lowest BCUT2D eigenvalue weighted by Crippen LogP contribution is -2.41. The topological polar surface area (TPSA) is 21.3 Å². The van der Waals surface area contributed by atoms with Crippen LogP contribution in [0.2, 0.25) is 0 Å². The Kier molecular flexibility index (Phi) is 5.21. The van der Waals surface area contributed by atoms with Gasteiger partial charge in [0.2, 0.25) is 0 Å². The molecule has 0 unspecified atom stereocenters. The van der Waals surface area contributed by atoms with Gasteiger partial charge in [0.1, 0.15) is 5.75 Å². The normalized spacial score (nSPS) is 22.4. The van der Waals surface area contributed by atoms with Gasteiger partial charge in [-0.25, -0.2) is 0 Å². The first-order valence-corrected chi connectivity index (χ1v) is 7.54. The summed E-state index contributed by atoms with van der Waals surface area (Å²) < 4.78 is 41.0. The Morgan fingerprint density at radius 2 is 2.10 bits per heavy atom. The number of hydrogen-bond acceptors (Lipinski definition) is 3. The quantitative estimate of drug-likeness (QED) is 0.808. The van der Waals surface area contributed by atoms with E-state index in [1.54, 1.807) is 7.11 Å². The second-order valence-electron chi connectivity index (χ2n) is 4.89. The van der Waals surface area contributed by atoms with Crippen molar-refractivity contribution in [2.45, 2.75) is 30.3 Å². The molecule has 1 saturated carbocycles. The van der Waals surface area contributed by atoms with Crippen LogP contribution in [-0.2, 0) is 0 Å². The molecule has 2 rings (SSSR count). The smallest absolute Gasteiger partial charge is 0.441 e. The van der Waals surface area contributed by atoms with Crippen LogP contribution in [0, 0.1) is 0 Å². The Labute approximate surface area is 121 Å². The first-order chi connectivity index (χ1) is 9.48. The molecule has 1 N–H and O–H groups in total. The summed E-state index contributed by atoms with van der Waals surface area (Å²) >= 11 is 0.0332. The van der Waals surface area contributed by atoms with Crippen LogP contribution in [0.5, 0.6) is 5.75 Å². The Morgan fingerprint density at radius 1 is 1.35 bits per heavy atom. The van der Waals surface area contributed by atoms with E-state index in [1.807, 2.05) is 18.2 Å². The van der Waals surface area contributed by atoms with E-state index in [9.17, 15) is 13.2 Å². The number of alkyl halides is 3. The van der Waals surface area contributed by atoms with Gasteiger partial charge in [-0.3, -0.25) is 0 Å². The third kappa shape index (κ3) is 4.59. The number of methoxy groups -OCH3 is 1. The predicted molar refractivity (Wildman–Crippen MR) is 75.3 cm³/mol. The highest BCUT2D eigenvalue weighted by Crippen LogP contribution is 2.38. The summed E-state index contributed by atoms with van der Waals surface area (Å²) in [5, 5.41) is 3.17. The van der Waals surface area contributed by atoms with Crippen LogP contribution >= 0.6 is 11.8 Å². The van der Waals surface area contributed by atoms with E-state index in [0.717, 1.165) is 18.6 Å². The van der Waals surface area contributed by atoms with Gasteiger partial charge >= 0.3 is 5.51 Å². The second-order valence-corrected chi connectivity index (χ2v) is 6.05. The standard InChI is InChI=1S/C14H18F3NOS/c1-19-13-4-2-3-10(9-13)11-7-12(8-11)18-5-6-20-14(15,16)17/h2-4,9,11-12,18H,5-8H2,1H3. The molecule has 0 aliphatic heterocycles. The van der Waals surface area contributed by atoms with Crippen molar-refractivity contribution in [3.05, 3.63) is 29.8 Å². The van der Waals surface area contributed by atoms with Crippen LogP contribution < -0.4 is 10.1 Å². The van der Waals surface area contributed by atoms with Crippen molar-refractivity contribution in [3.8, 4) is 5.75 Å². The van der Waals surface area contributed by atoms with Crippen molar-refractivity contribution < 1.29 is 17.9 Å². The minimum Gasteiger partial charge on any atom is -0.497 e. The fourth-order valence-electron chi connectivity index (χ4n) is 2.38. The van der Waals surface area contributed by atoms with Crippen LogP contribution in [0.15, 0.2) is 24.3 Å². The van der Waals surface area contributed by atoms with Gasteiger partial charge in [0, 0.05) is 18.3 Å². The number of halogens is 3. The number of hydrogen-bond donors (Lipinski definition) is 1. The molecule has 1 aromatic rings. The zero-order valence-corrected chi connectivity index (χ0v) is 12.1. The molecule has 0 spiro atoms. The second kappa shape index (κ2) is 6.72. The van der Waals surface area contributed by atoms with Crippen LogP contribution in [-0.4, -0.2) is 31.0 Å². The molecule has 1 aliphatic carbocycles. The van der Waals surface area contributed by atoms with Gasteiger partial charge in [0.25, 0.3) is 0 Å². The molecule has 20 heavy (non-hydrogen) atoms. The van der Waals surface area contributed by atoms with E-state index in [0.29, 0.717) is 18.5 Å². The molecular weight excluding hydrogens is 287 g/mol. The zero-order chi connectivity index (χ0) is 14.6. The van der Waals surface area contributed by atoms with Gasteiger partial charge in [-0.05, 0) is 48.2 Å². The van der Waals surface area contributed by atoms with Gasteiger partial charge in [-0.2, -0.15) is 13.2 Å². The largest absolute Gasteiger partial charge is 0.497 e. The maximum atomic E-state index is 12.0. The van der Waals surface area contributed by atoms with E-state index < -0.39 is 5.51 Å². The molecule has 1 fully saturated rings. The fraction of sp³-hybridized carbons (Fsp3) is 0.571. The molecule has 0 atom stereocenters. The fourth-order valence-corrected chi connectivity index (χ4v) is 2.83. The highest BCUT2D eigenvalue weighted by Gasteiger charge is 2.31. The van der Waals surface area contributed by atoms with Gasteiger partial charge in [-0.15, -0.1) is 0 Å². The number of thioether (sulfide) groups is 1. The molecule has 0 aromatic heterocycles. The van der Waals surface area contributed by atoms with Crippen molar-refractivity contribution in [1.29, 1.82) is 0 Å². The molecule has 0 saturated heterocycles. The lowest BCUT2D eigenvalue weighted by atomic mass is 9.76. The van der Waals surface area contributed by atoms with E-state index in [-0.39, 0.29) is 17.5 Å². The summed E-state index contributed by atoms with van der Waals surface area (Å²) in [7, 11) is 1.64. The van der Waals surface area contributed by atoms with E-state index >= 15 is 0 Å². The molecule has 112 valence electrons. The molecular formula is C14H18F3NOS. The first-order valence-electron chi connectivity index (χ1n) is 6.56. The average Bonchev–Trinajstić information content (AvgIpc) is 2.35. The summed E-state index contributed by atoms with van der Waals surface area (Å²) in [6, 6.07) is 8.31. The van der Waals surface area contributed by atoms with E-state index in [1.165, 1.54) is 5.56 Å². The van der Waals surface area contributed by atoms with Gasteiger partial charge in [-0.1, -0.05) is 12.1 Å². The molecule has 1 aromatic carbocycles. The van der Waals surface area contributed by atoms with Crippen LogP contribution in [0.1, 0.15) is 24.3 Å². The minimum absolute atomic E-state index is 0.0332. The van der Waals surface area contributed by atoms with Crippen molar-refractivity contribution in [1.82, 2.24) is 5.32 Å². The van der Waals surface area contributed by atoms with E-state index in [2.05, 4.69) is 11.4 Å². The van der Waals surface area contributed by atoms with Crippen molar-refractivity contribution in [2.24, 2.45) is 0 Å². The zero-order valence-electron chi connectivity index (χ0n) is 11.2. The summed E-state index contributed by atoms with van der Waals surface area (Å²) in [5.41, 5.74) is -2.88. The number of rotatable bonds is 6.